The summed E-state index contributed by atoms with van der Waals surface area (Å²) in [6.07, 6.45) is 6.06. The van der Waals surface area contributed by atoms with Gasteiger partial charge in [0.1, 0.15) is 5.65 Å². The predicted molar refractivity (Wildman–Crippen MR) is 94.6 cm³/mol. The number of nitrogens with one attached hydrogen (secondary N) is 1. The van der Waals surface area contributed by atoms with Gasteiger partial charge in [-0.3, -0.25) is 9.69 Å². The first kappa shape index (κ1) is 14.9. The lowest BCUT2D eigenvalue weighted by Gasteiger charge is -2.15. The number of pyridine rings is 1. The standard InChI is InChI=1S/C19H20N4O/c20-18(24)17-15-6-7-21-19(15)22-11-16(17)14-5-3-4-13(10-14)12-23-8-1-2-9-23/h3-7,10-11H,1-2,8-9,12H2,(H2,20,24)(H,21,22). The predicted octanol–water partition coefficient (Wildman–Crippen LogP) is 2.92. The van der Waals surface area contributed by atoms with Crippen LogP contribution in [0.2, 0.25) is 0 Å². The van der Waals surface area contributed by atoms with E-state index >= 15 is 0 Å². The van der Waals surface area contributed by atoms with Gasteiger partial charge in [-0.1, -0.05) is 18.2 Å². The van der Waals surface area contributed by atoms with Crippen molar-refractivity contribution in [2.75, 3.05) is 13.1 Å². The van der Waals surface area contributed by atoms with Crippen molar-refractivity contribution in [2.45, 2.75) is 19.4 Å². The molecule has 0 radical (unpaired) electrons. The van der Waals surface area contributed by atoms with E-state index in [2.05, 4.69) is 27.0 Å². The number of carbonyl (C=O) groups is 1. The topological polar surface area (TPSA) is 75.0 Å². The highest BCUT2D eigenvalue weighted by Gasteiger charge is 2.17. The summed E-state index contributed by atoms with van der Waals surface area (Å²) in [5, 5.41) is 0.768. The largest absolute Gasteiger partial charge is 0.366 e. The fourth-order valence-corrected chi connectivity index (χ4v) is 3.53. The summed E-state index contributed by atoms with van der Waals surface area (Å²) < 4.78 is 0. The fourth-order valence-electron chi connectivity index (χ4n) is 3.53. The van der Waals surface area contributed by atoms with E-state index in [0.717, 1.165) is 36.1 Å². The molecule has 1 aliphatic rings. The molecule has 5 heteroatoms. The molecule has 3 aromatic rings. The second-order valence-electron chi connectivity index (χ2n) is 6.33. The molecule has 1 saturated heterocycles. The second kappa shape index (κ2) is 6.09. The lowest BCUT2D eigenvalue weighted by atomic mass is 9.97. The van der Waals surface area contributed by atoms with Gasteiger partial charge >= 0.3 is 0 Å². The normalized spacial score (nSPS) is 15.2. The van der Waals surface area contributed by atoms with Gasteiger partial charge in [0.15, 0.2) is 0 Å². The van der Waals surface area contributed by atoms with Crippen molar-refractivity contribution in [3.8, 4) is 11.1 Å². The Hall–Kier alpha value is -2.66. The lowest BCUT2D eigenvalue weighted by molar-refractivity contribution is 0.100. The van der Waals surface area contributed by atoms with Crippen LogP contribution < -0.4 is 5.73 Å². The average Bonchev–Trinajstić information content (AvgIpc) is 3.25. The lowest BCUT2D eigenvalue weighted by Crippen LogP contribution is -2.18. The van der Waals surface area contributed by atoms with Gasteiger partial charge < -0.3 is 10.7 Å². The molecule has 122 valence electrons. The average molecular weight is 320 g/mol. The summed E-state index contributed by atoms with van der Waals surface area (Å²) in [4.78, 5) is 22.0. The van der Waals surface area contributed by atoms with E-state index in [4.69, 9.17) is 5.73 Å². The molecule has 1 amide bonds. The second-order valence-corrected chi connectivity index (χ2v) is 6.33. The maximum absolute atomic E-state index is 12.0. The molecule has 2 aromatic heterocycles. The van der Waals surface area contributed by atoms with Crippen LogP contribution in [-0.4, -0.2) is 33.9 Å². The zero-order chi connectivity index (χ0) is 16.5. The van der Waals surface area contributed by atoms with Gasteiger partial charge in [0, 0.05) is 29.9 Å². The van der Waals surface area contributed by atoms with Crippen molar-refractivity contribution >= 4 is 16.9 Å². The minimum absolute atomic E-state index is 0.429. The summed E-state index contributed by atoms with van der Waals surface area (Å²) in [5.41, 5.74) is 9.89. The van der Waals surface area contributed by atoms with Crippen LogP contribution in [-0.2, 0) is 6.54 Å². The minimum Gasteiger partial charge on any atom is -0.366 e. The van der Waals surface area contributed by atoms with E-state index in [1.165, 1.54) is 18.4 Å². The van der Waals surface area contributed by atoms with Crippen LogP contribution in [0.15, 0.2) is 42.7 Å². The Morgan fingerprint density at radius 2 is 2.08 bits per heavy atom. The number of aromatic amines is 1. The Kier molecular flexibility index (Phi) is 3.78. The maximum atomic E-state index is 12.0. The van der Waals surface area contributed by atoms with Crippen LogP contribution in [0.1, 0.15) is 28.8 Å². The smallest absolute Gasteiger partial charge is 0.250 e. The molecule has 3 N–H and O–H groups in total. The molecule has 0 spiro atoms. The Bertz CT molecular complexity index is 893. The molecule has 0 aliphatic carbocycles. The third-order valence-corrected chi connectivity index (χ3v) is 4.68. The quantitative estimate of drug-likeness (QED) is 0.776. The monoisotopic (exact) mass is 320 g/mol. The Balaban J connectivity index is 1.76. The van der Waals surface area contributed by atoms with E-state index in [0.29, 0.717) is 11.2 Å². The summed E-state index contributed by atoms with van der Waals surface area (Å²) >= 11 is 0. The molecule has 4 rings (SSSR count). The number of aromatic nitrogens is 2. The zero-order valence-corrected chi connectivity index (χ0v) is 13.5. The van der Waals surface area contributed by atoms with Crippen molar-refractivity contribution < 1.29 is 4.79 Å². The maximum Gasteiger partial charge on any atom is 0.250 e. The van der Waals surface area contributed by atoms with Gasteiger partial charge in [-0.2, -0.15) is 0 Å². The highest BCUT2D eigenvalue weighted by Crippen LogP contribution is 2.29. The van der Waals surface area contributed by atoms with Gasteiger partial charge in [0.05, 0.1) is 5.56 Å². The molecular formula is C19H20N4O. The molecule has 24 heavy (non-hydrogen) atoms. The van der Waals surface area contributed by atoms with Gasteiger partial charge in [-0.15, -0.1) is 0 Å². The number of hydrogen-bond acceptors (Lipinski definition) is 3. The number of primary amides is 1. The highest BCUT2D eigenvalue weighted by molar-refractivity contribution is 6.10. The van der Waals surface area contributed by atoms with Gasteiger partial charge in [-0.25, -0.2) is 4.98 Å². The van der Waals surface area contributed by atoms with E-state index in [1.807, 2.05) is 18.2 Å². The zero-order valence-electron chi connectivity index (χ0n) is 13.5. The van der Waals surface area contributed by atoms with E-state index in [-0.39, 0.29) is 0 Å². The third-order valence-electron chi connectivity index (χ3n) is 4.68. The highest BCUT2D eigenvalue weighted by atomic mass is 16.1. The number of hydrogen-bond donors (Lipinski definition) is 2. The first-order chi connectivity index (χ1) is 11.7. The number of amides is 1. The number of nitrogens with two attached hydrogens (primary N) is 1. The van der Waals surface area contributed by atoms with E-state index < -0.39 is 5.91 Å². The van der Waals surface area contributed by atoms with Gasteiger partial charge in [-0.05, 0) is 49.2 Å². The molecule has 1 aromatic carbocycles. The Morgan fingerprint density at radius 1 is 1.25 bits per heavy atom. The van der Waals surface area contributed by atoms with Crippen molar-refractivity contribution in [2.24, 2.45) is 5.73 Å². The summed E-state index contributed by atoms with van der Waals surface area (Å²) in [6, 6.07) is 10.2. The molecular weight excluding hydrogens is 300 g/mol. The number of likely N-dealkylation sites (tertiary alicyclic amines) is 1. The first-order valence-electron chi connectivity index (χ1n) is 8.30. The number of carbonyl (C=O) groups excluding carboxylic acids is 1. The minimum atomic E-state index is -0.429. The van der Waals surface area contributed by atoms with Gasteiger partial charge in [0.2, 0.25) is 5.91 Å². The van der Waals surface area contributed by atoms with E-state index in [1.54, 1.807) is 12.4 Å². The number of nitrogens with zero attached hydrogens (tertiary/aromatic N) is 2. The van der Waals surface area contributed by atoms with Crippen LogP contribution >= 0.6 is 0 Å². The molecule has 0 unspecified atom stereocenters. The fraction of sp³-hybridized carbons (Fsp3) is 0.263. The van der Waals surface area contributed by atoms with Crippen LogP contribution in [0.25, 0.3) is 22.2 Å². The van der Waals surface area contributed by atoms with Crippen molar-refractivity contribution in [3.63, 3.8) is 0 Å². The number of fused-ring (bicyclic) bond motifs is 1. The summed E-state index contributed by atoms with van der Waals surface area (Å²) in [5.74, 6) is -0.429. The molecule has 5 nitrogen and oxygen atoms in total. The molecule has 0 atom stereocenters. The summed E-state index contributed by atoms with van der Waals surface area (Å²) in [6.45, 7) is 3.26. The number of H-pyrrole nitrogens is 1. The van der Waals surface area contributed by atoms with Crippen LogP contribution in [0.4, 0.5) is 0 Å². The molecule has 3 heterocycles. The van der Waals surface area contributed by atoms with Crippen molar-refractivity contribution in [1.29, 1.82) is 0 Å². The van der Waals surface area contributed by atoms with Crippen LogP contribution in [0.5, 0.6) is 0 Å². The molecule has 0 bridgehead atoms. The van der Waals surface area contributed by atoms with Crippen LogP contribution in [0, 0.1) is 0 Å². The molecule has 1 fully saturated rings. The molecule has 0 saturated carbocycles. The third kappa shape index (κ3) is 2.67. The van der Waals surface area contributed by atoms with Crippen molar-refractivity contribution in [3.05, 3.63) is 53.9 Å². The molecule has 1 aliphatic heterocycles. The van der Waals surface area contributed by atoms with Gasteiger partial charge in [0.25, 0.3) is 0 Å². The Morgan fingerprint density at radius 3 is 2.88 bits per heavy atom. The van der Waals surface area contributed by atoms with E-state index in [9.17, 15) is 4.79 Å². The first-order valence-corrected chi connectivity index (χ1v) is 8.30. The Labute approximate surface area is 140 Å². The van der Waals surface area contributed by atoms with Crippen LogP contribution in [0.3, 0.4) is 0 Å². The van der Waals surface area contributed by atoms with Crippen molar-refractivity contribution in [1.82, 2.24) is 14.9 Å². The number of rotatable bonds is 4. The SMILES string of the molecule is NC(=O)c1c(-c2cccc(CN3CCCC3)c2)cnc2[nH]ccc12. The number of benzene rings is 1. The summed E-state index contributed by atoms with van der Waals surface area (Å²) in [7, 11) is 0.